The number of carboxylic acids is 1. The number of hydrogen-bond donors (Lipinski definition) is 2. The minimum Gasteiger partial charge on any atom is -0.480 e. The van der Waals surface area contributed by atoms with E-state index in [4.69, 9.17) is 0 Å². The molecule has 0 aromatic carbocycles. The van der Waals surface area contributed by atoms with Crippen molar-refractivity contribution in [1.29, 1.82) is 0 Å². The van der Waals surface area contributed by atoms with Crippen molar-refractivity contribution in [2.24, 2.45) is 0 Å². The van der Waals surface area contributed by atoms with Crippen molar-refractivity contribution in [2.75, 3.05) is 6.54 Å². The highest BCUT2D eigenvalue weighted by molar-refractivity contribution is 6.15. The fourth-order valence-electron chi connectivity index (χ4n) is 2.86. The Bertz CT molecular complexity index is 719. The number of carbonyl (C=O) groups is 6. The van der Waals surface area contributed by atoms with E-state index in [2.05, 4.69) is 5.32 Å². The molecule has 3 atom stereocenters. The number of amides is 4. The van der Waals surface area contributed by atoms with Gasteiger partial charge in [0.2, 0.25) is 0 Å². The van der Waals surface area contributed by atoms with Crippen LogP contribution in [0.15, 0.2) is 24.3 Å². The Hall–Kier alpha value is -3.14. The average molecular weight is 363 g/mol. The number of rotatable bonds is 8. The van der Waals surface area contributed by atoms with Crippen LogP contribution in [-0.4, -0.2) is 75.0 Å². The van der Waals surface area contributed by atoms with Crippen molar-refractivity contribution in [3.63, 3.8) is 0 Å². The molecule has 0 unspecified atom stereocenters. The second-order valence-electron chi connectivity index (χ2n) is 5.87. The number of aliphatic carboxylic acids is 1. The first-order valence-corrected chi connectivity index (χ1v) is 7.72. The maximum absolute atomic E-state index is 11.9. The van der Waals surface area contributed by atoms with Crippen LogP contribution in [0.1, 0.15) is 13.8 Å². The zero-order valence-corrected chi connectivity index (χ0v) is 14.0. The highest BCUT2D eigenvalue weighted by Crippen LogP contribution is 2.15. The molecule has 2 aliphatic heterocycles. The summed E-state index contributed by atoms with van der Waals surface area (Å²) in [7, 11) is 0. The van der Waals surface area contributed by atoms with Gasteiger partial charge in [-0.2, -0.15) is 0 Å². The third-order valence-corrected chi connectivity index (χ3v) is 4.08. The quantitative estimate of drug-likeness (QED) is 0.483. The molecule has 0 aromatic rings. The van der Waals surface area contributed by atoms with E-state index in [9.17, 15) is 33.9 Å². The molecule has 2 N–H and O–H groups in total. The molecule has 4 amide bonds. The molecule has 0 fully saturated rings. The van der Waals surface area contributed by atoms with Crippen LogP contribution in [0.2, 0.25) is 0 Å². The average Bonchev–Trinajstić information content (AvgIpc) is 3.04. The van der Waals surface area contributed by atoms with E-state index < -0.39 is 53.5 Å². The van der Waals surface area contributed by atoms with E-state index in [0.717, 1.165) is 29.2 Å². The van der Waals surface area contributed by atoms with E-state index >= 15 is 0 Å². The Morgan fingerprint density at radius 1 is 0.962 bits per heavy atom. The van der Waals surface area contributed by atoms with E-state index in [1.54, 1.807) is 0 Å². The summed E-state index contributed by atoms with van der Waals surface area (Å²) in [5, 5.41) is 12.0. The third-order valence-electron chi connectivity index (χ3n) is 4.08. The van der Waals surface area contributed by atoms with Gasteiger partial charge in [0.05, 0.1) is 0 Å². The smallest absolute Gasteiger partial charge is 0.328 e. The Kier molecular flexibility index (Phi) is 5.46. The summed E-state index contributed by atoms with van der Waals surface area (Å²) in [5.74, 6) is -4.69. The predicted molar refractivity (Wildman–Crippen MR) is 85.3 cm³/mol. The number of carbonyl (C=O) groups excluding carboxylic acids is 5. The number of hydrogen-bond acceptors (Lipinski definition) is 7. The summed E-state index contributed by atoms with van der Waals surface area (Å²) in [6.07, 6.45) is 4.01. The van der Waals surface area contributed by atoms with Crippen LogP contribution < -0.4 is 5.32 Å². The minimum atomic E-state index is -1.50. The van der Waals surface area contributed by atoms with Crippen LogP contribution in [0.4, 0.5) is 0 Å². The minimum absolute atomic E-state index is 0.358. The van der Waals surface area contributed by atoms with Crippen LogP contribution in [0.5, 0.6) is 0 Å². The molecule has 2 rings (SSSR count). The maximum atomic E-state index is 11.9. The fraction of sp³-hybridized carbons (Fsp3) is 0.375. The summed E-state index contributed by atoms with van der Waals surface area (Å²) >= 11 is 0. The summed E-state index contributed by atoms with van der Waals surface area (Å²) in [4.78, 5) is 71.7. The number of nitrogens with one attached hydrogen (secondary N) is 1. The van der Waals surface area contributed by atoms with E-state index in [1.165, 1.54) is 13.8 Å². The molecule has 138 valence electrons. The van der Waals surface area contributed by atoms with E-state index in [-0.39, 0.29) is 6.54 Å². The van der Waals surface area contributed by atoms with Crippen molar-refractivity contribution in [1.82, 2.24) is 15.1 Å². The Morgan fingerprint density at radius 3 is 1.77 bits per heavy atom. The SMILES string of the molecule is CC(=O)[C@H]([C@H](C)NC[C@@H](C(=O)O)N1C(=O)C=CC1=O)N1C(=O)C=CC1=O. The van der Waals surface area contributed by atoms with Crippen molar-refractivity contribution < 1.29 is 33.9 Å². The van der Waals surface area contributed by atoms with Crippen LogP contribution in [-0.2, 0) is 28.8 Å². The number of imide groups is 2. The Morgan fingerprint density at radius 2 is 1.38 bits per heavy atom. The van der Waals surface area contributed by atoms with Gasteiger partial charge in [0.1, 0.15) is 12.1 Å². The molecule has 0 spiro atoms. The van der Waals surface area contributed by atoms with Gasteiger partial charge in [0, 0.05) is 36.9 Å². The van der Waals surface area contributed by atoms with Gasteiger partial charge in [0.15, 0.2) is 5.78 Å². The Labute approximate surface area is 148 Å². The summed E-state index contributed by atoms with van der Waals surface area (Å²) in [6.45, 7) is 2.34. The lowest BCUT2D eigenvalue weighted by atomic mass is 10.0. The van der Waals surface area contributed by atoms with Crippen LogP contribution >= 0.6 is 0 Å². The van der Waals surface area contributed by atoms with Gasteiger partial charge in [-0.25, -0.2) is 4.79 Å². The van der Waals surface area contributed by atoms with Gasteiger partial charge in [0.25, 0.3) is 23.6 Å². The molecule has 10 nitrogen and oxygen atoms in total. The van der Waals surface area contributed by atoms with Crippen molar-refractivity contribution in [3.8, 4) is 0 Å². The molecule has 0 radical (unpaired) electrons. The van der Waals surface area contributed by atoms with Gasteiger partial charge in [-0.15, -0.1) is 0 Å². The predicted octanol–water partition coefficient (Wildman–Crippen LogP) is -1.77. The fourth-order valence-corrected chi connectivity index (χ4v) is 2.86. The molecule has 0 aromatic heterocycles. The Balaban J connectivity index is 2.12. The van der Waals surface area contributed by atoms with Gasteiger partial charge < -0.3 is 10.4 Å². The van der Waals surface area contributed by atoms with Crippen molar-refractivity contribution in [3.05, 3.63) is 24.3 Å². The second-order valence-corrected chi connectivity index (χ2v) is 5.87. The summed E-state index contributed by atoms with van der Waals surface area (Å²) in [5.41, 5.74) is 0. The van der Waals surface area contributed by atoms with Crippen molar-refractivity contribution >= 4 is 35.4 Å². The molecule has 0 saturated heterocycles. The van der Waals surface area contributed by atoms with E-state index in [1.807, 2.05) is 0 Å². The lowest BCUT2D eigenvalue weighted by Gasteiger charge is -2.31. The molecule has 0 bridgehead atoms. The van der Waals surface area contributed by atoms with Gasteiger partial charge in [-0.3, -0.25) is 33.8 Å². The molecule has 2 aliphatic rings. The van der Waals surface area contributed by atoms with Gasteiger partial charge in [-0.1, -0.05) is 0 Å². The van der Waals surface area contributed by atoms with E-state index in [0.29, 0.717) is 4.90 Å². The second kappa shape index (κ2) is 7.40. The summed E-state index contributed by atoms with van der Waals surface area (Å²) in [6, 6.07) is -3.45. The molecule has 10 heteroatoms. The lowest BCUT2D eigenvalue weighted by Crippen LogP contribution is -2.58. The zero-order chi connectivity index (χ0) is 19.6. The first kappa shape index (κ1) is 19.2. The van der Waals surface area contributed by atoms with Crippen LogP contribution in [0.25, 0.3) is 0 Å². The molecular formula is C16H17N3O7. The number of nitrogens with zero attached hydrogens (tertiary/aromatic N) is 2. The summed E-state index contributed by atoms with van der Waals surface area (Å²) < 4.78 is 0. The number of ketones is 1. The maximum Gasteiger partial charge on any atom is 0.328 e. The first-order chi connectivity index (χ1) is 12.1. The van der Waals surface area contributed by atoms with Gasteiger partial charge in [-0.05, 0) is 13.8 Å². The lowest BCUT2D eigenvalue weighted by molar-refractivity contribution is -0.153. The largest absolute Gasteiger partial charge is 0.480 e. The molecule has 2 heterocycles. The number of Topliss-reactive ketones (excluding diaryl/α,β-unsaturated/α-hetero) is 1. The molecular weight excluding hydrogens is 346 g/mol. The van der Waals surface area contributed by atoms with Crippen molar-refractivity contribution in [2.45, 2.75) is 32.0 Å². The highest BCUT2D eigenvalue weighted by Gasteiger charge is 2.39. The zero-order valence-electron chi connectivity index (χ0n) is 14.0. The number of carboxylic acid groups (broad SMARTS) is 1. The van der Waals surface area contributed by atoms with Crippen LogP contribution in [0.3, 0.4) is 0 Å². The monoisotopic (exact) mass is 363 g/mol. The molecule has 0 aliphatic carbocycles. The van der Waals surface area contributed by atoms with Crippen LogP contribution in [0, 0.1) is 0 Å². The normalized spacial score (nSPS) is 20.1. The molecule has 0 saturated carbocycles. The molecule has 26 heavy (non-hydrogen) atoms. The third kappa shape index (κ3) is 3.59. The van der Waals surface area contributed by atoms with Gasteiger partial charge >= 0.3 is 5.97 Å². The highest BCUT2D eigenvalue weighted by atomic mass is 16.4. The standard InChI is InChI=1S/C16H17N3O7/c1-8(15(9(2)20)19-13(23)5-6-14(19)24)17-7-10(16(25)26)18-11(21)3-4-12(18)22/h3-6,8,10,15,17H,7H2,1-2H3,(H,25,26)/t8-,10-,15-/m0/s1. The first-order valence-electron chi connectivity index (χ1n) is 7.72. The topological polar surface area (TPSA) is 141 Å².